The van der Waals surface area contributed by atoms with Crippen LogP contribution in [0.2, 0.25) is 5.02 Å². The van der Waals surface area contributed by atoms with Gasteiger partial charge in [-0.2, -0.15) is 5.10 Å². The van der Waals surface area contributed by atoms with Gasteiger partial charge in [-0.15, -0.1) is 11.8 Å². The SMILES string of the molecule is COc1ccc(/C(C)=N\NC(=O)[C@H](C)Sc2ccc(Cl)cc2)cc1. The van der Waals surface area contributed by atoms with Crippen LogP contribution in [-0.2, 0) is 4.79 Å². The number of ether oxygens (including phenoxy) is 1. The van der Waals surface area contributed by atoms with Crippen LogP contribution < -0.4 is 10.2 Å². The number of nitrogens with one attached hydrogen (secondary N) is 1. The molecule has 0 saturated heterocycles. The van der Waals surface area contributed by atoms with Gasteiger partial charge in [0.2, 0.25) is 0 Å². The van der Waals surface area contributed by atoms with E-state index in [0.29, 0.717) is 5.02 Å². The second-order valence-electron chi connectivity index (χ2n) is 5.12. The van der Waals surface area contributed by atoms with Crippen molar-refractivity contribution < 1.29 is 9.53 Å². The summed E-state index contributed by atoms with van der Waals surface area (Å²) in [5, 5.41) is 4.58. The first kappa shape index (κ1) is 18.4. The lowest BCUT2D eigenvalue weighted by atomic mass is 10.1. The Kier molecular flexibility index (Phi) is 6.70. The van der Waals surface area contributed by atoms with Gasteiger partial charge in [-0.3, -0.25) is 4.79 Å². The molecule has 0 unspecified atom stereocenters. The van der Waals surface area contributed by atoms with Crippen LogP contribution in [0.5, 0.6) is 5.75 Å². The highest BCUT2D eigenvalue weighted by Crippen LogP contribution is 2.24. The highest BCUT2D eigenvalue weighted by atomic mass is 35.5. The highest BCUT2D eigenvalue weighted by Gasteiger charge is 2.14. The molecule has 6 heteroatoms. The smallest absolute Gasteiger partial charge is 0.253 e. The Morgan fingerprint density at radius 3 is 2.38 bits per heavy atom. The maximum Gasteiger partial charge on any atom is 0.253 e. The molecule has 0 aromatic heterocycles. The average Bonchev–Trinajstić information content (AvgIpc) is 2.61. The Bertz CT molecular complexity index is 715. The van der Waals surface area contributed by atoms with Gasteiger partial charge in [-0.25, -0.2) is 5.43 Å². The average molecular weight is 363 g/mol. The second-order valence-corrected chi connectivity index (χ2v) is 6.97. The van der Waals surface area contributed by atoms with Crippen LogP contribution in [0, 0.1) is 0 Å². The standard InChI is InChI=1S/C18H19ClN2O2S/c1-12(14-4-8-16(23-3)9-5-14)20-21-18(22)13(2)24-17-10-6-15(19)7-11-17/h4-11,13H,1-3H3,(H,21,22)/b20-12-/t13-/m0/s1. The first-order valence-corrected chi connectivity index (χ1v) is 8.66. The molecule has 126 valence electrons. The van der Waals surface area contributed by atoms with E-state index < -0.39 is 0 Å². The van der Waals surface area contributed by atoms with E-state index in [4.69, 9.17) is 16.3 Å². The summed E-state index contributed by atoms with van der Waals surface area (Å²) in [5.41, 5.74) is 4.27. The van der Waals surface area contributed by atoms with Gasteiger partial charge in [0.05, 0.1) is 18.1 Å². The zero-order chi connectivity index (χ0) is 17.5. The summed E-state index contributed by atoms with van der Waals surface area (Å²) >= 11 is 7.31. The van der Waals surface area contributed by atoms with Crippen molar-refractivity contribution in [1.82, 2.24) is 5.43 Å². The lowest BCUT2D eigenvalue weighted by molar-refractivity contribution is -0.120. The molecule has 0 aliphatic carbocycles. The molecule has 0 aliphatic rings. The van der Waals surface area contributed by atoms with Crippen LogP contribution in [0.4, 0.5) is 0 Å². The number of carbonyl (C=O) groups excluding carboxylic acids is 1. The van der Waals surface area contributed by atoms with Crippen molar-refractivity contribution >= 4 is 35.0 Å². The van der Waals surface area contributed by atoms with E-state index in [1.54, 1.807) is 19.2 Å². The van der Waals surface area contributed by atoms with E-state index in [0.717, 1.165) is 21.9 Å². The van der Waals surface area contributed by atoms with Crippen LogP contribution in [0.25, 0.3) is 0 Å². The topological polar surface area (TPSA) is 50.7 Å². The number of halogens is 1. The van der Waals surface area contributed by atoms with Crippen molar-refractivity contribution in [2.45, 2.75) is 24.0 Å². The molecule has 24 heavy (non-hydrogen) atoms. The predicted molar refractivity (Wildman–Crippen MR) is 100 cm³/mol. The lowest BCUT2D eigenvalue weighted by Gasteiger charge is -2.10. The van der Waals surface area contributed by atoms with E-state index >= 15 is 0 Å². The Hall–Kier alpha value is -1.98. The van der Waals surface area contributed by atoms with Gasteiger partial charge in [0.15, 0.2) is 0 Å². The van der Waals surface area contributed by atoms with Crippen molar-refractivity contribution in [2.75, 3.05) is 7.11 Å². The van der Waals surface area contributed by atoms with Crippen molar-refractivity contribution in [3.05, 3.63) is 59.1 Å². The number of nitrogens with zero attached hydrogens (tertiary/aromatic N) is 1. The Balaban J connectivity index is 1.93. The summed E-state index contributed by atoms with van der Waals surface area (Å²) < 4.78 is 5.12. The van der Waals surface area contributed by atoms with Gasteiger partial charge in [0.25, 0.3) is 5.91 Å². The summed E-state index contributed by atoms with van der Waals surface area (Å²) in [6.45, 7) is 3.69. The number of methoxy groups -OCH3 is 1. The predicted octanol–water partition coefficient (Wildman–Crippen LogP) is 4.37. The largest absolute Gasteiger partial charge is 0.497 e. The van der Waals surface area contributed by atoms with E-state index in [9.17, 15) is 4.79 Å². The second kappa shape index (κ2) is 8.76. The number of hydrogen-bond donors (Lipinski definition) is 1. The fourth-order valence-corrected chi connectivity index (χ4v) is 2.88. The molecule has 2 rings (SSSR count). The van der Waals surface area contributed by atoms with Crippen LogP contribution >= 0.6 is 23.4 Å². The summed E-state index contributed by atoms with van der Waals surface area (Å²) in [6, 6.07) is 14.9. The molecule has 0 fully saturated rings. The molecule has 1 N–H and O–H groups in total. The first-order chi connectivity index (χ1) is 11.5. The summed E-state index contributed by atoms with van der Waals surface area (Å²) in [5.74, 6) is 0.631. The van der Waals surface area contributed by atoms with Crippen molar-refractivity contribution in [2.24, 2.45) is 5.10 Å². The molecule has 2 aromatic carbocycles. The monoisotopic (exact) mass is 362 g/mol. The third kappa shape index (κ3) is 5.28. The molecule has 2 aromatic rings. The van der Waals surface area contributed by atoms with Crippen LogP contribution in [0.15, 0.2) is 58.5 Å². The molecule has 0 spiro atoms. The Morgan fingerprint density at radius 2 is 1.79 bits per heavy atom. The zero-order valence-electron chi connectivity index (χ0n) is 13.7. The molecule has 0 bridgehead atoms. The Morgan fingerprint density at radius 1 is 1.17 bits per heavy atom. The van der Waals surface area contributed by atoms with Crippen LogP contribution in [-0.4, -0.2) is 24.0 Å². The number of thioether (sulfide) groups is 1. The number of rotatable bonds is 6. The minimum atomic E-state index is -0.265. The van der Waals surface area contributed by atoms with E-state index in [2.05, 4.69) is 10.5 Å². The molecular formula is C18H19ClN2O2S. The van der Waals surface area contributed by atoms with Gasteiger partial charge in [0, 0.05) is 9.92 Å². The maximum atomic E-state index is 12.2. The van der Waals surface area contributed by atoms with Gasteiger partial charge in [0.1, 0.15) is 5.75 Å². The number of hydrogen-bond acceptors (Lipinski definition) is 4. The van der Waals surface area contributed by atoms with Crippen molar-refractivity contribution in [3.8, 4) is 5.75 Å². The third-order valence-electron chi connectivity index (χ3n) is 3.34. The highest BCUT2D eigenvalue weighted by molar-refractivity contribution is 8.00. The van der Waals surface area contributed by atoms with Crippen molar-refractivity contribution in [3.63, 3.8) is 0 Å². The zero-order valence-corrected chi connectivity index (χ0v) is 15.3. The minimum absolute atomic E-state index is 0.150. The van der Waals surface area contributed by atoms with Crippen LogP contribution in [0.1, 0.15) is 19.4 Å². The summed E-state index contributed by atoms with van der Waals surface area (Å²) in [6.07, 6.45) is 0. The molecule has 0 heterocycles. The van der Waals surface area contributed by atoms with E-state index in [1.165, 1.54) is 11.8 Å². The molecule has 1 amide bonds. The number of amides is 1. The first-order valence-electron chi connectivity index (χ1n) is 7.40. The number of hydrazone groups is 1. The molecule has 1 atom stereocenters. The molecule has 0 saturated carbocycles. The van der Waals surface area contributed by atoms with Gasteiger partial charge < -0.3 is 4.74 Å². The molecule has 0 aliphatic heterocycles. The van der Waals surface area contributed by atoms with E-state index in [-0.39, 0.29) is 11.2 Å². The fraction of sp³-hybridized carbons (Fsp3) is 0.222. The quantitative estimate of drug-likeness (QED) is 0.471. The van der Waals surface area contributed by atoms with Gasteiger partial charge in [-0.1, -0.05) is 11.6 Å². The minimum Gasteiger partial charge on any atom is -0.497 e. The lowest BCUT2D eigenvalue weighted by Crippen LogP contribution is -2.27. The van der Waals surface area contributed by atoms with Crippen molar-refractivity contribution in [1.29, 1.82) is 0 Å². The normalized spacial score (nSPS) is 12.6. The summed E-state index contributed by atoms with van der Waals surface area (Å²) in [4.78, 5) is 13.1. The van der Waals surface area contributed by atoms with E-state index in [1.807, 2.05) is 50.2 Å². The number of benzene rings is 2. The summed E-state index contributed by atoms with van der Waals surface area (Å²) in [7, 11) is 1.62. The van der Waals surface area contributed by atoms with Crippen LogP contribution in [0.3, 0.4) is 0 Å². The maximum absolute atomic E-state index is 12.2. The molecular weight excluding hydrogens is 344 g/mol. The number of carbonyl (C=O) groups is 1. The van der Waals surface area contributed by atoms with Gasteiger partial charge in [-0.05, 0) is 67.9 Å². The molecule has 0 radical (unpaired) electrons. The third-order valence-corrected chi connectivity index (χ3v) is 4.70. The fourth-order valence-electron chi connectivity index (χ4n) is 1.90. The Labute approximate surface area is 151 Å². The van der Waals surface area contributed by atoms with Gasteiger partial charge >= 0.3 is 0 Å². The molecule has 4 nitrogen and oxygen atoms in total.